The Morgan fingerprint density at radius 1 is 1.10 bits per heavy atom. The summed E-state index contributed by atoms with van der Waals surface area (Å²) in [4.78, 5) is 12.7. The van der Waals surface area contributed by atoms with Gasteiger partial charge in [-0.15, -0.1) is 0 Å². The zero-order valence-corrected chi connectivity index (χ0v) is 13.3. The number of carbonyl (C=O) groups is 1. The summed E-state index contributed by atoms with van der Waals surface area (Å²) in [5.74, 6) is 3.47. The van der Waals surface area contributed by atoms with Crippen LogP contribution in [0.1, 0.15) is 32.1 Å². The Balaban J connectivity index is 1.50. The van der Waals surface area contributed by atoms with E-state index in [9.17, 15) is 4.79 Å². The molecule has 4 heteroatoms. The lowest BCUT2D eigenvalue weighted by molar-refractivity contribution is -0.121. The molecular formula is C17H19Cl2NO. The number of benzene rings is 1. The fourth-order valence-corrected chi connectivity index (χ4v) is 5.52. The molecule has 0 aliphatic heterocycles. The minimum absolute atomic E-state index is 0.150. The molecule has 1 amide bonds. The molecule has 0 spiro atoms. The van der Waals surface area contributed by atoms with Crippen molar-refractivity contribution < 1.29 is 4.79 Å². The Hall–Kier alpha value is -0.730. The van der Waals surface area contributed by atoms with Crippen molar-refractivity contribution >= 4 is 34.8 Å². The van der Waals surface area contributed by atoms with E-state index < -0.39 is 0 Å². The van der Waals surface area contributed by atoms with E-state index in [4.69, 9.17) is 23.2 Å². The van der Waals surface area contributed by atoms with Crippen molar-refractivity contribution in [1.82, 2.24) is 0 Å². The van der Waals surface area contributed by atoms with Gasteiger partial charge in [0.1, 0.15) is 0 Å². The van der Waals surface area contributed by atoms with Gasteiger partial charge in [0.15, 0.2) is 0 Å². The van der Waals surface area contributed by atoms with Crippen molar-refractivity contribution in [2.45, 2.75) is 32.1 Å². The average Bonchev–Trinajstić information content (AvgIpc) is 2.93. The van der Waals surface area contributed by atoms with E-state index in [0.717, 1.165) is 24.2 Å². The Morgan fingerprint density at radius 2 is 1.95 bits per heavy atom. The van der Waals surface area contributed by atoms with E-state index in [1.54, 1.807) is 18.2 Å². The lowest BCUT2D eigenvalue weighted by atomic mass is 9.76. The monoisotopic (exact) mass is 323 g/mol. The first-order valence-electron chi connectivity index (χ1n) is 7.87. The van der Waals surface area contributed by atoms with E-state index in [-0.39, 0.29) is 11.8 Å². The van der Waals surface area contributed by atoms with Crippen molar-refractivity contribution in [1.29, 1.82) is 0 Å². The van der Waals surface area contributed by atoms with Crippen LogP contribution in [-0.4, -0.2) is 5.91 Å². The molecule has 0 radical (unpaired) electrons. The Labute approximate surface area is 135 Å². The molecule has 3 fully saturated rings. The molecule has 0 heterocycles. The molecule has 1 N–H and O–H groups in total. The standard InChI is InChI=1S/C17H19Cl2NO/c18-11-2-4-16(15(19)8-11)20-17(21)14-7-10-5-9-1-3-12(14)13(10)6-9/h2,4,8-10,12-14H,1,3,5-7H2,(H,20,21)/t9-,10+,12-,13+,14-/m1/s1. The van der Waals surface area contributed by atoms with Crippen LogP contribution in [0.5, 0.6) is 0 Å². The molecule has 3 aliphatic carbocycles. The molecule has 2 nitrogen and oxygen atoms in total. The highest BCUT2D eigenvalue weighted by Crippen LogP contribution is 2.59. The minimum Gasteiger partial charge on any atom is -0.325 e. The molecule has 21 heavy (non-hydrogen) atoms. The van der Waals surface area contributed by atoms with Crippen LogP contribution in [0, 0.1) is 29.6 Å². The van der Waals surface area contributed by atoms with E-state index in [2.05, 4.69) is 5.32 Å². The maximum atomic E-state index is 12.7. The average molecular weight is 324 g/mol. The van der Waals surface area contributed by atoms with Crippen LogP contribution in [-0.2, 0) is 4.79 Å². The molecule has 2 bridgehead atoms. The zero-order chi connectivity index (χ0) is 14.6. The number of hydrogen-bond donors (Lipinski definition) is 1. The van der Waals surface area contributed by atoms with Gasteiger partial charge in [-0.05, 0) is 67.6 Å². The topological polar surface area (TPSA) is 29.1 Å². The second-order valence-corrected chi connectivity index (χ2v) is 7.80. The highest BCUT2D eigenvalue weighted by Gasteiger charge is 2.52. The van der Waals surface area contributed by atoms with Gasteiger partial charge >= 0.3 is 0 Å². The lowest BCUT2D eigenvalue weighted by Crippen LogP contribution is -2.30. The molecule has 3 saturated carbocycles. The first-order chi connectivity index (χ1) is 10.1. The SMILES string of the molecule is O=C(Nc1ccc(Cl)cc1Cl)[C@@H]1C[C@@H]2C[C@H]3CC[C@@H]1[C@H]2C3. The predicted molar refractivity (Wildman–Crippen MR) is 85.6 cm³/mol. The number of carbonyl (C=O) groups excluding carboxylic acids is 1. The second-order valence-electron chi connectivity index (χ2n) is 6.96. The van der Waals surface area contributed by atoms with Crippen molar-refractivity contribution in [3.63, 3.8) is 0 Å². The number of hydrogen-bond acceptors (Lipinski definition) is 1. The van der Waals surface area contributed by atoms with Gasteiger partial charge in [-0.1, -0.05) is 29.6 Å². The van der Waals surface area contributed by atoms with Gasteiger partial charge in [-0.2, -0.15) is 0 Å². The van der Waals surface area contributed by atoms with E-state index in [1.165, 1.54) is 25.7 Å². The van der Waals surface area contributed by atoms with Crippen LogP contribution in [0.2, 0.25) is 10.0 Å². The number of rotatable bonds is 2. The number of fused-ring (bicyclic) bond motifs is 1. The molecule has 5 atom stereocenters. The van der Waals surface area contributed by atoms with Crippen LogP contribution in [0.3, 0.4) is 0 Å². The van der Waals surface area contributed by atoms with Crippen LogP contribution >= 0.6 is 23.2 Å². The normalized spacial score (nSPS) is 36.8. The molecule has 0 aromatic heterocycles. The summed E-state index contributed by atoms with van der Waals surface area (Å²) in [5.41, 5.74) is 0.678. The smallest absolute Gasteiger partial charge is 0.227 e. The third-order valence-electron chi connectivity index (χ3n) is 5.90. The number of nitrogens with one attached hydrogen (secondary N) is 1. The summed E-state index contributed by atoms with van der Waals surface area (Å²) in [6.45, 7) is 0. The third kappa shape index (κ3) is 2.37. The summed E-state index contributed by atoms with van der Waals surface area (Å²) in [7, 11) is 0. The van der Waals surface area contributed by atoms with E-state index in [0.29, 0.717) is 21.7 Å². The maximum Gasteiger partial charge on any atom is 0.227 e. The van der Waals surface area contributed by atoms with Crippen LogP contribution in [0.15, 0.2) is 18.2 Å². The van der Waals surface area contributed by atoms with Crippen LogP contribution < -0.4 is 5.32 Å². The van der Waals surface area contributed by atoms with Gasteiger partial charge in [0, 0.05) is 10.9 Å². The first kappa shape index (κ1) is 13.9. The van der Waals surface area contributed by atoms with E-state index in [1.807, 2.05) is 0 Å². The molecule has 3 aliphatic rings. The fraction of sp³-hybridized carbons (Fsp3) is 0.588. The van der Waals surface area contributed by atoms with Gasteiger partial charge < -0.3 is 5.32 Å². The highest BCUT2D eigenvalue weighted by molar-refractivity contribution is 6.36. The van der Waals surface area contributed by atoms with Crippen LogP contribution in [0.25, 0.3) is 0 Å². The van der Waals surface area contributed by atoms with Gasteiger partial charge in [-0.25, -0.2) is 0 Å². The van der Waals surface area contributed by atoms with Gasteiger partial charge in [0.05, 0.1) is 10.7 Å². The lowest BCUT2D eigenvalue weighted by Gasteiger charge is -2.29. The Kier molecular flexibility index (Phi) is 3.42. The Bertz CT molecular complexity index is 586. The summed E-state index contributed by atoms with van der Waals surface area (Å²) >= 11 is 12.1. The third-order valence-corrected chi connectivity index (χ3v) is 6.45. The van der Waals surface area contributed by atoms with Gasteiger partial charge in [-0.3, -0.25) is 4.79 Å². The highest BCUT2D eigenvalue weighted by atomic mass is 35.5. The van der Waals surface area contributed by atoms with Crippen molar-refractivity contribution in [2.75, 3.05) is 5.32 Å². The number of halogens is 2. The quantitative estimate of drug-likeness (QED) is 0.814. The van der Waals surface area contributed by atoms with E-state index >= 15 is 0 Å². The van der Waals surface area contributed by atoms with Crippen molar-refractivity contribution in [3.8, 4) is 0 Å². The second kappa shape index (κ2) is 5.17. The minimum atomic E-state index is 0.150. The molecule has 4 rings (SSSR count). The largest absolute Gasteiger partial charge is 0.325 e. The molecule has 1 aromatic carbocycles. The summed E-state index contributed by atoms with van der Waals surface area (Å²) < 4.78 is 0. The fourth-order valence-electron chi connectivity index (χ4n) is 5.07. The van der Waals surface area contributed by atoms with Gasteiger partial charge in [0.2, 0.25) is 5.91 Å². The van der Waals surface area contributed by atoms with Crippen molar-refractivity contribution in [3.05, 3.63) is 28.2 Å². The first-order valence-corrected chi connectivity index (χ1v) is 8.63. The van der Waals surface area contributed by atoms with Crippen LogP contribution in [0.4, 0.5) is 5.69 Å². The maximum absolute atomic E-state index is 12.7. The zero-order valence-electron chi connectivity index (χ0n) is 11.8. The summed E-state index contributed by atoms with van der Waals surface area (Å²) in [6, 6.07) is 5.22. The number of anilines is 1. The Morgan fingerprint density at radius 3 is 2.76 bits per heavy atom. The molecule has 0 saturated heterocycles. The molecular weight excluding hydrogens is 305 g/mol. The summed E-state index contributed by atoms with van der Waals surface area (Å²) in [5, 5.41) is 4.12. The van der Waals surface area contributed by atoms with Gasteiger partial charge in [0.25, 0.3) is 0 Å². The molecule has 1 aromatic rings. The van der Waals surface area contributed by atoms with Crippen molar-refractivity contribution in [2.24, 2.45) is 29.6 Å². The summed E-state index contributed by atoms with van der Waals surface area (Å²) in [6.07, 6.45) is 6.34. The molecule has 0 unspecified atom stereocenters. The molecule has 112 valence electrons. The number of amides is 1. The predicted octanol–water partition coefficient (Wildman–Crippen LogP) is 5.00.